The van der Waals surface area contributed by atoms with Crippen molar-refractivity contribution in [3.8, 4) is 5.69 Å². The molecule has 7 heteroatoms. The molecule has 27 heavy (non-hydrogen) atoms. The van der Waals surface area contributed by atoms with Crippen LogP contribution >= 0.6 is 0 Å². The van der Waals surface area contributed by atoms with E-state index in [9.17, 15) is 14.4 Å². The second-order valence-electron chi connectivity index (χ2n) is 7.02. The SMILES string of the molecule is CCC(C)(C)NC(=O)[C@H](C)OC(=O)c1nn(-c2ccccc2)c(C)cc1=O. The van der Waals surface area contributed by atoms with Crippen LogP contribution in [0.3, 0.4) is 0 Å². The Balaban J connectivity index is 2.24. The summed E-state index contributed by atoms with van der Waals surface area (Å²) in [5.74, 6) is -1.35. The van der Waals surface area contributed by atoms with Crippen molar-refractivity contribution in [1.29, 1.82) is 0 Å². The third kappa shape index (κ3) is 5.03. The first kappa shape index (κ1) is 20.4. The molecule has 0 aliphatic carbocycles. The quantitative estimate of drug-likeness (QED) is 0.788. The van der Waals surface area contributed by atoms with Gasteiger partial charge in [-0.25, -0.2) is 9.48 Å². The van der Waals surface area contributed by atoms with Gasteiger partial charge in [0.05, 0.1) is 5.69 Å². The molecule has 1 atom stereocenters. The molecule has 0 saturated carbocycles. The Morgan fingerprint density at radius 1 is 1.26 bits per heavy atom. The molecule has 1 amide bonds. The predicted molar refractivity (Wildman–Crippen MR) is 102 cm³/mol. The number of benzene rings is 1. The van der Waals surface area contributed by atoms with E-state index in [4.69, 9.17) is 4.74 Å². The van der Waals surface area contributed by atoms with Crippen LogP contribution in [-0.2, 0) is 9.53 Å². The molecular formula is C20H25N3O4. The molecule has 1 aromatic heterocycles. The van der Waals surface area contributed by atoms with Gasteiger partial charge in [-0.05, 0) is 46.2 Å². The normalized spacial score (nSPS) is 12.3. The number of para-hydroxylation sites is 1. The van der Waals surface area contributed by atoms with E-state index in [1.54, 1.807) is 6.92 Å². The number of hydrogen-bond donors (Lipinski definition) is 1. The van der Waals surface area contributed by atoms with Gasteiger partial charge in [-0.3, -0.25) is 9.59 Å². The minimum Gasteiger partial charge on any atom is -0.448 e. The third-order valence-corrected chi connectivity index (χ3v) is 4.30. The van der Waals surface area contributed by atoms with Crippen molar-refractivity contribution >= 4 is 11.9 Å². The number of rotatable bonds is 6. The fraction of sp³-hybridized carbons (Fsp3) is 0.400. The molecule has 1 heterocycles. The smallest absolute Gasteiger partial charge is 0.363 e. The van der Waals surface area contributed by atoms with Gasteiger partial charge in [0.1, 0.15) is 0 Å². The van der Waals surface area contributed by atoms with Crippen molar-refractivity contribution in [3.63, 3.8) is 0 Å². The maximum Gasteiger partial charge on any atom is 0.363 e. The average Bonchev–Trinajstić information content (AvgIpc) is 2.62. The van der Waals surface area contributed by atoms with Crippen LogP contribution in [0.4, 0.5) is 0 Å². The fourth-order valence-electron chi connectivity index (χ4n) is 2.31. The molecule has 2 aromatic rings. The number of ether oxygens (including phenoxy) is 1. The molecule has 0 unspecified atom stereocenters. The minimum absolute atomic E-state index is 0.362. The summed E-state index contributed by atoms with van der Waals surface area (Å²) in [6.07, 6.45) is -0.322. The zero-order chi connectivity index (χ0) is 20.2. The second kappa shape index (κ2) is 8.16. The molecule has 0 radical (unpaired) electrons. The number of carbonyl (C=O) groups is 2. The topological polar surface area (TPSA) is 90.3 Å². The number of amides is 1. The lowest BCUT2D eigenvalue weighted by molar-refractivity contribution is -0.130. The zero-order valence-corrected chi connectivity index (χ0v) is 16.3. The summed E-state index contributed by atoms with van der Waals surface area (Å²) in [4.78, 5) is 36.9. The first-order valence-electron chi connectivity index (χ1n) is 8.84. The highest BCUT2D eigenvalue weighted by Crippen LogP contribution is 2.10. The number of nitrogens with zero attached hydrogens (tertiary/aromatic N) is 2. The maximum absolute atomic E-state index is 12.4. The molecule has 0 fully saturated rings. The van der Waals surface area contributed by atoms with Crippen molar-refractivity contribution in [2.75, 3.05) is 0 Å². The second-order valence-corrected chi connectivity index (χ2v) is 7.02. The highest BCUT2D eigenvalue weighted by molar-refractivity contribution is 5.90. The van der Waals surface area contributed by atoms with Gasteiger partial charge in [0.25, 0.3) is 5.91 Å². The van der Waals surface area contributed by atoms with Crippen LogP contribution in [0, 0.1) is 6.92 Å². The molecule has 7 nitrogen and oxygen atoms in total. The Morgan fingerprint density at radius 3 is 2.48 bits per heavy atom. The Labute approximate surface area is 158 Å². The van der Waals surface area contributed by atoms with Gasteiger partial charge in [-0.2, -0.15) is 5.10 Å². The summed E-state index contributed by atoms with van der Waals surface area (Å²) in [6, 6.07) is 10.4. The molecule has 2 rings (SSSR count). The standard InChI is InChI=1S/C20H25N3O4/c1-6-20(4,5)21-18(25)14(3)27-19(26)17-16(24)12-13(2)23(22-17)15-10-8-7-9-11-15/h7-12,14H,6H2,1-5H3,(H,21,25)/t14-/m0/s1. The molecule has 0 bridgehead atoms. The van der Waals surface area contributed by atoms with E-state index in [0.29, 0.717) is 11.4 Å². The van der Waals surface area contributed by atoms with E-state index >= 15 is 0 Å². The Morgan fingerprint density at radius 2 is 1.89 bits per heavy atom. The number of carbonyl (C=O) groups excluding carboxylic acids is 2. The highest BCUT2D eigenvalue weighted by atomic mass is 16.5. The van der Waals surface area contributed by atoms with Crippen molar-refractivity contribution in [1.82, 2.24) is 15.1 Å². The summed E-state index contributed by atoms with van der Waals surface area (Å²) in [7, 11) is 0. The van der Waals surface area contributed by atoms with Crippen LogP contribution < -0.4 is 10.7 Å². The average molecular weight is 371 g/mol. The van der Waals surface area contributed by atoms with Gasteiger partial charge in [-0.15, -0.1) is 0 Å². The van der Waals surface area contributed by atoms with Gasteiger partial charge in [-0.1, -0.05) is 25.1 Å². The van der Waals surface area contributed by atoms with Gasteiger partial charge in [0.15, 0.2) is 6.10 Å². The minimum atomic E-state index is -1.05. The van der Waals surface area contributed by atoms with E-state index < -0.39 is 28.9 Å². The molecule has 1 N–H and O–H groups in total. The summed E-state index contributed by atoms with van der Waals surface area (Å²) in [5.41, 5.74) is -0.0392. The summed E-state index contributed by atoms with van der Waals surface area (Å²) >= 11 is 0. The van der Waals surface area contributed by atoms with Crippen molar-refractivity contribution in [2.45, 2.75) is 52.7 Å². The zero-order valence-electron chi connectivity index (χ0n) is 16.3. The summed E-state index contributed by atoms with van der Waals surface area (Å²) in [6.45, 7) is 8.88. The van der Waals surface area contributed by atoms with Crippen LogP contribution in [0.15, 0.2) is 41.2 Å². The Bertz CT molecular complexity index is 888. The third-order valence-electron chi connectivity index (χ3n) is 4.30. The van der Waals surface area contributed by atoms with E-state index in [0.717, 1.165) is 6.42 Å². The number of nitrogens with one attached hydrogen (secondary N) is 1. The predicted octanol–water partition coefficient (Wildman–Crippen LogP) is 2.39. The van der Waals surface area contributed by atoms with E-state index in [-0.39, 0.29) is 5.69 Å². The van der Waals surface area contributed by atoms with Gasteiger partial charge in [0.2, 0.25) is 11.1 Å². The molecular weight excluding hydrogens is 346 g/mol. The lowest BCUT2D eigenvalue weighted by Crippen LogP contribution is -2.48. The monoisotopic (exact) mass is 371 g/mol. The Hall–Kier alpha value is -2.96. The van der Waals surface area contributed by atoms with Crippen LogP contribution in [0.1, 0.15) is 50.3 Å². The van der Waals surface area contributed by atoms with Crippen molar-refractivity contribution in [2.24, 2.45) is 0 Å². The van der Waals surface area contributed by atoms with Crippen LogP contribution in [0.25, 0.3) is 5.69 Å². The van der Waals surface area contributed by atoms with Crippen molar-refractivity contribution in [3.05, 3.63) is 58.0 Å². The lowest BCUT2D eigenvalue weighted by atomic mass is 10.0. The molecule has 0 spiro atoms. The van der Waals surface area contributed by atoms with E-state index in [1.165, 1.54) is 17.7 Å². The molecule has 1 aromatic carbocycles. The fourth-order valence-corrected chi connectivity index (χ4v) is 2.31. The Kier molecular flexibility index (Phi) is 6.15. The van der Waals surface area contributed by atoms with E-state index in [1.807, 2.05) is 51.1 Å². The summed E-state index contributed by atoms with van der Waals surface area (Å²) < 4.78 is 6.66. The maximum atomic E-state index is 12.4. The van der Waals surface area contributed by atoms with Gasteiger partial charge in [0, 0.05) is 17.3 Å². The first-order valence-corrected chi connectivity index (χ1v) is 8.84. The van der Waals surface area contributed by atoms with Gasteiger partial charge >= 0.3 is 5.97 Å². The molecule has 0 aliphatic heterocycles. The van der Waals surface area contributed by atoms with E-state index in [2.05, 4.69) is 10.4 Å². The van der Waals surface area contributed by atoms with Crippen LogP contribution in [-0.4, -0.2) is 33.3 Å². The largest absolute Gasteiger partial charge is 0.448 e. The number of hydrogen-bond acceptors (Lipinski definition) is 5. The highest BCUT2D eigenvalue weighted by Gasteiger charge is 2.26. The van der Waals surface area contributed by atoms with Gasteiger partial charge < -0.3 is 10.1 Å². The summed E-state index contributed by atoms with van der Waals surface area (Å²) in [5, 5.41) is 6.95. The molecule has 0 saturated heterocycles. The number of aromatic nitrogens is 2. The molecule has 144 valence electrons. The van der Waals surface area contributed by atoms with Crippen LogP contribution in [0.5, 0.6) is 0 Å². The number of aryl methyl sites for hydroxylation is 1. The first-order chi connectivity index (χ1) is 12.6. The van der Waals surface area contributed by atoms with Crippen LogP contribution in [0.2, 0.25) is 0 Å². The lowest BCUT2D eigenvalue weighted by Gasteiger charge is -2.26. The molecule has 0 aliphatic rings. The van der Waals surface area contributed by atoms with Crippen molar-refractivity contribution < 1.29 is 14.3 Å². The number of esters is 1.